The smallest absolute Gasteiger partial charge is 0.309 e. The van der Waals surface area contributed by atoms with Gasteiger partial charge in [0.05, 0.1) is 18.3 Å². The lowest BCUT2D eigenvalue weighted by molar-refractivity contribution is -0.144. The highest BCUT2D eigenvalue weighted by Crippen LogP contribution is 2.16. The highest BCUT2D eigenvalue weighted by atomic mass is 32.2. The minimum absolute atomic E-state index is 0.0378. The van der Waals surface area contributed by atoms with Crippen molar-refractivity contribution in [3.63, 3.8) is 0 Å². The van der Waals surface area contributed by atoms with E-state index in [1.165, 1.54) is 13.8 Å². The van der Waals surface area contributed by atoms with E-state index < -0.39 is 38.6 Å². The number of rotatable bonds is 7. The van der Waals surface area contributed by atoms with Crippen LogP contribution in [0.3, 0.4) is 0 Å². The maximum absolute atomic E-state index is 12.3. The van der Waals surface area contributed by atoms with Crippen molar-refractivity contribution in [1.29, 1.82) is 5.26 Å². The van der Waals surface area contributed by atoms with Gasteiger partial charge in [-0.1, -0.05) is 6.92 Å². The number of methoxy groups -OCH3 is 1. The Morgan fingerprint density at radius 2 is 1.89 bits per heavy atom. The van der Waals surface area contributed by atoms with Crippen molar-refractivity contribution >= 4 is 21.9 Å². The number of hydrogen-bond donors (Lipinski definition) is 2. The molecule has 0 aliphatic heterocycles. The minimum atomic E-state index is -4.07. The predicted molar refractivity (Wildman–Crippen MR) is 97.3 cm³/mol. The molecule has 0 spiro atoms. The van der Waals surface area contributed by atoms with E-state index >= 15 is 0 Å². The third-order valence-corrected chi connectivity index (χ3v) is 6.44. The lowest BCUT2D eigenvalue weighted by atomic mass is 9.99. The van der Waals surface area contributed by atoms with E-state index in [1.54, 1.807) is 13.8 Å². The number of pyridine rings is 1. The van der Waals surface area contributed by atoms with Gasteiger partial charge in [0.1, 0.15) is 11.6 Å². The van der Waals surface area contributed by atoms with Crippen molar-refractivity contribution in [3.8, 4) is 6.07 Å². The van der Waals surface area contributed by atoms with Crippen molar-refractivity contribution in [3.05, 3.63) is 32.7 Å². The number of hydrogen-bond acceptors (Lipinski definition) is 7. The molecule has 2 atom stereocenters. The van der Waals surface area contributed by atoms with Gasteiger partial charge in [0.2, 0.25) is 15.9 Å². The molecule has 0 aliphatic carbocycles. The van der Waals surface area contributed by atoms with Crippen LogP contribution in [-0.2, 0) is 30.8 Å². The number of nitrogens with one attached hydrogen (secondary N) is 2. The van der Waals surface area contributed by atoms with E-state index in [2.05, 4.69) is 9.72 Å². The number of esters is 1. The molecule has 27 heavy (non-hydrogen) atoms. The Labute approximate surface area is 157 Å². The molecule has 148 valence electrons. The van der Waals surface area contributed by atoms with Gasteiger partial charge in [-0.15, -0.1) is 0 Å². The Morgan fingerprint density at radius 1 is 1.30 bits per heavy atom. The fourth-order valence-corrected chi connectivity index (χ4v) is 3.86. The number of amides is 1. The van der Waals surface area contributed by atoms with Crippen LogP contribution in [0.4, 0.5) is 0 Å². The second kappa shape index (κ2) is 8.81. The zero-order valence-corrected chi connectivity index (χ0v) is 16.7. The average molecular weight is 397 g/mol. The summed E-state index contributed by atoms with van der Waals surface area (Å²) < 4.78 is 31.0. The summed E-state index contributed by atoms with van der Waals surface area (Å²) in [6.45, 7) is 5.95. The van der Waals surface area contributed by atoms with Crippen molar-refractivity contribution in [2.24, 2.45) is 5.92 Å². The zero-order valence-electron chi connectivity index (χ0n) is 15.9. The molecule has 0 aliphatic rings. The lowest BCUT2D eigenvalue weighted by Crippen LogP contribution is -2.42. The molecule has 0 fully saturated rings. The molecule has 1 rings (SSSR count). The van der Waals surface area contributed by atoms with Crippen LogP contribution in [0.5, 0.6) is 0 Å². The van der Waals surface area contributed by atoms with Crippen LogP contribution < -0.4 is 10.3 Å². The molecule has 0 saturated heterocycles. The third-order valence-electron chi connectivity index (χ3n) is 4.54. The Morgan fingerprint density at radius 3 is 2.41 bits per heavy atom. The number of nitrogens with zero attached hydrogens (tertiary/aromatic N) is 1. The van der Waals surface area contributed by atoms with Gasteiger partial charge >= 0.3 is 5.97 Å². The number of ether oxygens (including phenoxy) is 1. The molecule has 1 aromatic rings. The van der Waals surface area contributed by atoms with Crippen molar-refractivity contribution < 1.29 is 22.7 Å². The van der Waals surface area contributed by atoms with Crippen LogP contribution in [0.1, 0.15) is 42.7 Å². The van der Waals surface area contributed by atoms with Gasteiger partial charge in [-0.2, -0.15) is 5.26 Å². The van der Waals surface area contributed by atoms with E-state index in [0.29, 0.717) is 16.8 Å². The van der Waals surface area contributed by atoms with Crippen molar-refractivity contribution in [2.45, 2.75) is 45.8 Å². The van der Waals surface area contributed by atoms with E-state index in [4.69, 9.17) is 5.26 Å². The fourth-order valence-electron chi connectivity index (χ4n) is 2.61. The first-order chi connectivity index (χ1) is 12.5. The summed E-state index contributed by atoms with van der Waals surface area (Å²) in [6, 6.07) is 1.82. The van der Waals surface area contributed by atoms with Crippen LogP contribution in [-0.4, -0.2) is 37.6 Å². The first kappa shape index (κ1) is 22.4. The van der Waals surface area contributed by atoms with E-state index in [9.17, 15) is 22.8 Å². The topological polar surface area (TPSA) is 146 Å². The number of aryl methyl sites for hydroxylation is 1. The number of nitriles is 1. The summed E-state index contributed by atoms with van der Waals surface area (Å²) in [7, 11) is -2.91. The summed E-state index contributed by atoms with van der Waals surface area (Å²) in [4.78, 5) is 37.9. The van der Waals surface area contributed by atoms with Gasteiger partial charge in [0.15, 0.2) is 0 Å². The van der Waals surface area contributed by atoms with E-state index in [-0.39, 0.29) is 18.4 Å². The molecule has 0 aromatic carbocycles. The highest BCUT2D eigenvalue weighted by molar-refractivity contribution is 7.90. The van der Waals surface area contributed by atoms with Gasteiger partial charge < -0.3 is 9.72 Å². The molecule has 9 nitrogen and oxygen atoms in total. The van der Waals surface area contributed by atoms with Gasteiger partial charge in [-0.3, -0.25) is 19.1 Å². The van der Waals surface area contributed by atoms with Gasteiger partial charge in [-0.05, 0) is 38.3 Å². The quantitative estimate of drug-likeness (QED) is 0.635. The molecular formula is C17H23N3O6S. The summed E-state index contributed by atoms with van der Waals surface area (Å²) in [5.74, 6) is -2.38. The number of H-pyrrole nitrogens is 1. The molecule has 1 aromatic heterocycles. The minimum Gasteiger partial charge on any atom is -0.469 e. The number of sulfonamides is 1. The van der Waals surface area contributed by atoms with E-state index in [1.807, 2.05) is 10.8 Å². The average Bonchev–Trinajstić information content (AvgIpc) is 2.59. The first-order valence-electron chi connectivity index (χ1n) is 8.21. The molecule has 0 unspecified atom stereocenters. The summed E-state index contributed by atoms with van der Waals surface area (Å²) in [6.07, 6.45) is -0.0252. The Kier molecular flexibility index (Phi) is 7.30. The van der Waals surface area contributed by atoms with Crippen LogP contribution in [0.25, 0.3) is 0 Å². The molecule has 0 saturated carbocycles. The van der Waals surface area contributed by atoms with Gasteiger partial charge in [0.25, 0.3) is 5.56 Å². The van der Waals surface area contributed by atoms with Crippen molar-refractivity contribution in [2.75, 3.05) is 7.11 Å². The second-order valence-corrected chi connectivity index (χ2v) is 8.29. The molecule has 1 amide bonds. The fraction of sp³-hybridized carbons (Fsp3) is 0.529. The predicted octanol–water partition coefficient (Wildman–Crippen LogP) is 0.440. The zero-order chi connectivity index (χ0) is 20.9. The van der Waals surface area contributed by atoms with Crippen LogP contribution in [0, 0.1) is 31.1 Å². The molecule has 0 radical (unpaired) electrons. The maximum atomic E-state index is 12.3. The first-order valence-corrected chi connectivity index (χ1v) is 9.75. The van der Waals surface area contributed by atoms with E-state index in [0.717, 1.165) is 7.11 Å². The normalized spacial score (nSPS) is 13.3. The third kappa shape index (κ3) is 5.17. The maximum Gasteiger partial charge on any atom is 0.309 e. The molecule has 10 heteroatoms. The van der Waals surface area contributed by atoms with Gasteiger partial charge in [-0.25, -0.2) is 8.42 Å². The molecular weight excluding hydrogens is 374 g/mol. The Hall–Kier alpha value is -2.67. The number of carbonyl (C=O) groups excluding carboxylic acids is 2. The van der Waals surface area contributed by atoms with Crippen LogP contribution >= 0.6 is 0 Å². The summed E-state index contributed by atoms with van der Waals surface area (Å²) >= 11 is 0. The van der Waals surface area contributed by atoms with Crippen LogP contribution in [0.15, 0.2) is 4.79 Å². The number of aromatic amines is 1. The standard InChI is InChI=1S/C17H23N3O6S/c1-9(17(23)26-5)12(4)27(24,25)20-15(21)7-6-13-10(2)14(8-18)16(22)19-11(13)3/h9,12H,6-7H2,1-5H3,(H,19,22)(H,20,21)/t9-,12+/m0/s1. The Balaban J connectivity index is 2.89. The Bertz CT molecular complexity index is 943. The molecule has 0 bridgehead atoms. The summed E-state index contributed by atoms with van der Waals surface area (Å²) in [5, 5.41) is 7.90. The highest BCUT2D eigenvalue weighted by Gasteiger charge is 2.33. The molecule has 2 N–H and O–H groups in total. The lowest BCUT2D eigenvalue weighted by Gasteiger charge is -2.18. The van der Waals surface area contributed by atoms with Crippen molar-refractivity contribution in [1.82, 2.24) is 9.71 Å². The second-order valence-electron chi connectivity index (χ2n) is 6.26. The van der Waals surface area contributed by atoms with Crippen LogP contribution in [0.2, 0.25) is 0 Å². The molecule has 1 heterocycles. The number of carbonyl (C=O) groups is 2. The monoisotopic (exact) mass is 397 g/mol. The SMILES string of the molecule is COC(=O)[C@@H](C)[C@@H](C)S(=O)(=O)NC(=O)CCc1c(C)[nH]c(=O)c(C#N)c1C. The number of aromatic nitrogens is 1. The summed E-state index contributed by atoms with van der Waals surface area (Å²) in [5.41, 5.74) is 1.04. The largest absolute Gasteiger partial charge is 0.469 e. The van der Waals surface area contributed by atoms with Gasteiger partial charge in [0, 0.05) is 12.1 Å².